The second kappa shape index (κ2) is 9.52. The zero-order valence-electron chi connectivity index (χ0n) is 15.6. The average Bonchev–Trinajstić information content (AvgIpc) is 3.16. The van der Waals surface area contributed by atoms with Crippen LogP contribution in [0.2, 0.25) is 5.02 Å². The van der Waals surface area contributed by atoms with Gasteiger partial charge in [0.2, 0.25) is 5.91 Å². The Morgan fingerprint density at radius 1 is 1.21 bits per heavy atom. The van der Waals surface area contributed by atoms with Gasteiger partial charge in [0.25, 0.3) is 0 Å². The van der Waals surface area contributed by atoms with Crippen LogP contribution in [0.4, 0.5) is 8.78 Å². The molecule has 0 saturated heterocycles. The fourth-order valence-corrected chi connectivity index (χ4v) is 2.95. The predicted octanol–water partition coefficient (Wildman–Crippen LogP) is 5.41. The van der Waals surface area contributed by atoms with E-state index in [1.54, 1.807) is 43.5 Å². The summed E-state index contributed by atoms with van der Waals surface area (Å²) in [6.45, 7) is -1.23. The van der Waals surface area contributed by atoms with Crippen molar-refractivity contribution >= 4 is 17.5 Å². The molecule has 29 heavy (non-hydrogen) atoms. The molecular formula is C21H19ClF2N2O3. The third kappa shape index (κ3) is 5.77. The lowest BCUT2D eigenvalue weighted by Crippen LogP contribution is -2.27. The molecule has 0 aliphatic heterocycles. The van der Waals surface area contributed by atoms with E-state index in [1.165, 1.54) is 6.07 Å². The highest BCUT2D eigenvalue weighted by atomic mass is 35.5. The molecule has 1 N–H and O–H groups in total. The maximum absolute atomic E-state index is 12.5. The van der Waals surface area contributed by atoms with Crippen molar-refractivity contribution in [2.24, 2.45) is 0 Å². The molecule has 8 heteroatoms. The molecule has 0 fully saturated rings. The van der Waals surface area contributed by atoms with Gasteiger partial charge in [-0.25, -0.2) is 4.98 Å². The summed E-state index contributed by atoms with van der Waals surface area (Å²) in [4.78, 5) is 16.5. The first kappa shape index (κ1) is 20.8. The Bertz CT molecular complexity index is 961. The Morgan fingerprint density at radius 3 is 2.66 bits per heavy atom. The van der Waals surface area contributed by atoms with Gasteiger partial charge in [0, 0.05) is 29.0 Å². The van der Waals surface area contributed by atoms with Crippen LogP contribution in [0, 0.1) is 0 Å². The van der Waals surface area contributed by atoms with Gasteiger partial charge in [0.15, 0.2) is 11.7 Å². The van der Waals surface area contributed by atoms with Gasteiger partial charge in [-0.05, 0) is 37.3 Å². The number of rotatable bonds is 8. The second-order valence-electron chi connectivity index (χ2n) is 6.33. The molecule has 0 saturated carbocycles. The van der Waals surface area contributed by atoms with E-state index in [0.717, 1.165) is 5.56 Å². The molecule has 1 aromatic heterocycles. The van der Waals surface area contributed by atoms with Crippen molar-refractivity contribution in [3.05, 3.63) is 71.2 Å². The van der Waals surface area contributed by atoms with Gasteiger partial charge >= 0.3 is 6.61 Å². The van der Waals surface area contributed by atoms with Crippen LogP contribution >= 0.6 is 11.6 Å². The number of nitrogens with zero attached hydrogens (tertiary/aromatic N) is 1. The van der Waals surface area contributed by atoms with Crippen molar-refractivity contribution < 1.29 is 22.7 Å². The number of carbonyl (C=O) groups excluding carboxylic acids is 1. The van der Waals surface area contributed by atoms with E-state index in [2.05, 4.69) is 15.0 Å². The monoisotopic (exact) mass is 420 g/mol. The van der Waals surface area contributed by atoms with E-state index in [4.69, 9.17) is 16.0 Å². The molecular weight excluding hydrogens is 402 g/mol. The number of aromatic nitrogens is 1. The molecule has 1 heterocycles. The van der Waals surface area contributed by atoms with Crippen LogP contribution in [0.1, 0.15) is 30.8 Å². The topological polar surface area (TPSA) is 64.4 Å². The van der Waals surface area contributed by atoms with Crippen molar-refractivity contribution in [3.63, 3.8) is 0 Å². The van der Waals surface area contributed by atoms with Crippen LogP contribution in [0.15, 0.2) is 59.1 Å². The summed E-state index contributed by atoms with van der Waals surface area (Å²) in [5.41, 5.74) is 1.31. The Balaban J connectivity index is 1.56. The molecule has 1 amide bonds. The SMILES string of the molecule is C[C@@H](NC(=O)CCc1ncc(-c2ccc(Cl)cc2)o1)c1ccccc1OC(F)F. The van der Waals surface area contributed by atoms with Gasteiger partial charge in [-0.2, -0.15) is 8.78 Å². The summed E-state index contributed by atoms with van der Waals surface area (Å²) in [6.07, 6.45) is 2.04. The second-order valence-corrected chi connectivity index (χ2v) is 6.77. The lowest BCUT2D eigenvalue weighted by molar-refractivity contribution is -0.121. The Labute approximate surface area is 171 Å². The minimum atomic E-state index is -2.93. The predicted molar refractivity (Wildman–Crippen MR) is 105 cm³/mol. The lowest BCUT2D eigenvalue weighted by Gasteiger charge is -2.18. The van der Waals surface area contributed by atoms with Gasteiger partial charge in [-0.15, -0.1) is 0 Å². The molecule has 1 atom stereocenters. The van der Waals surface area contributed by atoms with Crippen LogP contribution in [0.5, 0.6) is 5.75 Å². The van der Waals surface area contributed by atoms with Crippen LogP contribution in [0.25, 0.3) is 11.3 Å². The molecule has 0 bridgehead atoms. The fraction of sp³-hybridized carbons (Fsp3) is 0.238. The summed E-state index contributed by atoms with van der Waals surface area (Å²) < 4.78 is 35.3. The summed E-state index contributed by atoms with van der Waals surface area (Å²) >= 11 is 5.87. The standard InChI is InChI=1S/C21H19ClF2N2O3/c1-13(16-4-2-3-5-17(16)29-21(23)24)26-19(27)10-11-20-25-12-18(28-20)14-6-8-15(22)9-7-14/h2-9,12-13,21H,10-11H2,1H3,(H,26,27)/t13-/m1/s1. The van der Waals surface area contributed by atoms with Crippen LogP contribution in [0.3, 0.4) is 0 Å². The third-order valence-electron chi connectivity index (χ3n) is 4.23. The van der Waals surface area contributed by atoms with Crippen molar-refractivity contribution in [2.45, 2.75) is 32.4 Å². The molecule has 5 nitrogen and oxygen atoms in total. The Morgan fingerprint density at radius 2 is 1.93 bits per heavy atom. The Kier molecular flexibility index (Phi) is 6.82. The summed E-state index contributed by atoms with van der Waals surface area (Å²) in [5, 5.41) is 3.40. The van der Waals surface area contributed by atoms with Crippen molar-refractivity contribution in [1.29, 1.82) is 0 Å². The fourth-order valence-electron chi connectivity index (χ4n) is 2.83. The normalized spacial score (nSPS) is 12.0. The number of ether oxygens (including phenoxy) is 1. The van der Waals surface area contributed by atoms with Crippen LogP contribution in [-0.4, -0.2) is 17.5 Å². The zero-order valence-corrected chi connectivity index (χ0v) is 16.3. The minimum Gasteiger partial charge on any atom is -0.441 e. The van der Waals surface area contributed by atoms with E-state index in [1.807, 2.05) is 12.1 Å². The molecule has 0 aliphatic rings. The van der Waals surface area contributed by atoms with Crippen LogP contribution < -0.4 is 10.1 Å². The number of aryl methyl sites for hydroxylation is 1. The highest BCUT2D eigenvalue weighted by molar-refractivity contribution is 6.30. The number of carbonyl (C=O) groups is 1. The van der Waals surface area contributed by atoms with Gasteiger partial charge in [-0.1, -0.05) is 29.8 Å². The van der Waals surface area contributed by atoms with Crippen molar-refractivity contribution in [1.82, 2.24) is 10.3 Å². The summed E-state index contributed by atoms with van der Waals surface area (Å²) in [7, 11) is 0. The Hall–Kier alpha value is -2.93. The number of hydrogen-bond acceptors (Lipinski definition) is 4. The molecule has 0 spiro atoms. The maximum Gasteiger partial charge on any atom is 0.387 e. The first-order valence-corrected chi connectivity index (χ1v) is 9.34. The quantitative estimate of drug-likeness (QED) is 0.529. The molecule has 3 rings (SSSR count). The van der Waals surface area contributed by atoms with Crippen molar-refractivity contribution in [3.8, 4) is 17.1 Å². The highest BCUT2D eigenvalue weighted by Crippen LogP contribution is 2.26. The molecule has 0 aliphatic carbocycles. The number of oxazole rings is 1. The van der Waals surface area contributed by atoms with Gasteiger partial charge in [0.1, 0.15) is 5.75 Å². The number of hydrogen-bond donors (Lipinski definition) is 1. The lowest BCUT2D eigenvalue weighted by atomic mass is 10.1. The van der Waals surface area contributed by atoms with Gasteiger partial charge in [-0.3, -0.25) is 4.79 Å². The average molecular weight is 421 g/mol. The molecule has 0 unspecified atom stereocenters. The zero-order chi connectivity index (χ0) is 20.8. The summed E-state index contributed by atoms with van der Waals surface area (Å²) in [6, 6.07) is 13.0. The van der Waals surface area contributed by atoms with Gasteiger partial charge in [0.05, 0.1) is 12.2 Å². The van der Waals surface area contributed by atoms with E-state index in [9.17, 15) is 13.6 Å². The molecule has 0 radical (unpaired) electrons. The third-order valence-corrected chi connectivity index (χ3v) is 4.48. The highest BCUT2D eigenvalue weighted by Gasteiger charge is 2.17. The molecule has 152 valence electrons. The molecule has 3 aromatic rings. The minimum absolute atomic E-state index is 0.0376. The first-order chi connectivity index (χ1) is 13.9. The van der Waals surface area contributed by atoms with E-state index in [-0.39, 0.29) is 18.1 Å². The largest absolute Gasteiger partial charge is 0.441 e. The number of para-hydroxylation sites is 1. The van der Waals surface area contributed by atoms with Crippen LogP contribution in [-0.2, 0) is 11.2 Å². The maximum atomic E-state index is 12.5. The van der Waals surface area contributed by atoms with E-state index < -0.39 is 12.7 Å². The number of amides is 1. The van der Waals surface area contributed by atoms with E-state index >= 15 is 0 Å². The number of nitrogens with one attached hydrogen (secondary N) is 1. The molecule has 2 aromatic carbocycles. The summed E-state index contributed by atoms with van der Waals surface area (Å²) in [5.74, 6) is 0.800. The number of benzene rings is 2. The van der Waals surface area contributed by atoms with E-state index in [0.29, 0.717) is 28.7 Å². The van der Waals surface area contributed by atoms with Crippen molar-refractivity contribution in [2.75, 3.05) is 0 Å². The van der Waals surface area contributed by atoms with Gasteiger partial charge < -0.3 is 14.5 Å². The first-order valence-electron chi connectivity index (χ1n) is 8.96. The smallest absolute Gasteiger partial charge is 0.387 e. The number of alkyl halides is 2. The number of halogens is 3.